The van der Waals surface area contributed by atoms with Gasteiger partial charge in [0.25, 0.3) is 0 Å². The van der Waals surface area contributed by atoms with E-state index >= 15 is 0 Å². The summed E-state index contributed by atoms with van der Waals surface area (Å²) in [6.07, 6.45) is 2.56. The number of nitrogens with zero attached hydrogens (tertiary/aromatic N) is 1. The molecule has 17 heavy (non-hydrogen) atoms. The molecule has 1 heterocycles. The molecule has 0 aromatic carbocycles. The smallest absolute Gasteiger partial charge is 0.245 e. The Morgan fingerprint density at radius 1 is 1.29 bits per heavy atom. The molecule has 0 bridgehead atoms. The maximum Gasteiger partial charge on any atom is 0.245 e. The number of rotatable bonds is 4. The second-order valence-electron chi connectivity index (χ2n) is 5.82. The number of amides is 2. The van der Waals surface area contributed by atoms with Crippen LogP contribution in [0.2, 0.25) is 0 Å². The highest BCUT2D eigenvalue weighted by Gasteiger charge is 2.37. The summed E-state index contributed by atoms with van der Waals surface area (Å²) in [5.41, 5.74) is 0. The van der Waals surface area contributed by atoms with E-state index in [1.165, 1.54) is 12.8 Å². The molecule has 0 radical (unpaired) electrons. The Hall–Kier alpha value is -1.06. The predicted octanol–water partition coefficient (Wildman–Crippen LogP) is 1.02. The first-order valence-corrected chi connectivity index (χ1v) is 6.57. The molecule has 0 aromatic heterocycles. The maximum absolute atomic E-state index is 12.2. The zero-order valence-corrected chi connectivity index (χ0v) is 10.9. The summed E-state index contributed by atoms with van der Waals surface area (Å²) in [5.74, 6) is 1.52. The molecule has 2 unspecified atom stereocenters. The van der Waals surface area contributed by atoms with Gasteiger partial charge in [-0.05, 0) is 30.6 Å². The predicted molar refractivity (Wildman–Crippen MR) is 65.2 cm³/mol. The first kappa shape index (κ1) is 12.4. The number of carbonyl (C=O) groups is 2. The van der Waals surface area contributed by atoms with Gasteiger partial charge in [0.05, 0.1) is 6.54 Å². The molecule has 4 nitrogen and oxygen atoms in total. The van der Waals surface area contributed by atoms with Gasteiger partial charge in [-0.2, -0.15) is 0 Å². The lowest BCUT2D eigenvalue weighted by Gasteiger charge is -2.35. The van der Waals surface area contributed by atoms with Crippen molar-refractivity contribution in [2.24, 2.45) is 17.8 Å². The van der Waals surface area contributed by atoms with Gasteiger partial charge in [0.15, 0.2) is 0 Å². The summed E-state index contributed by atoms with van der Waals surface area (Å²) in [6, 6.07) is -0.331. The zero-order valence-electron chi connectivity index (χ0n) is 10.9. The van der Waals surface area contributed by atoms with E-state index < -0.39 is 0 Å². The minimum Gasteiger partial charge on any atom is -0.343 e. The normalized spacial score (nSPS) is 27.3. The summed E-state index contributed by atoms with van der Waals surface area (Å²) < 4.78 is 0. The molecule has 2 fully saturated rings. The van der Waals surface area contributed by atoms with E-state index in [0.29, 0.717) is 5.92 Å². The molecule has 2 amide bonds. The third-order valence-electron chi connectivity index (χ3n) is 3.83. The standard InChI is InChI=1S/C13H22N2O2/c1-8(2)12-13(17)15(7-11(16)14-12)6-9(3)10-4-5-10/h8-10,12H,4-7H2,1-3H3,(H,14,16). The van der Waals surface area contributed by atoms with Gasteiger partial charge in [-0.25, -0.2) is 0 Å². The van der Waals surface area contributed by atoms with Crippen molar-refractivity contribution < 1.29 is 9.59 Å². The van der Waals surface area contributed by atoms with E-state index in [1.807, 2.05) is 13.8 Å². The third kappa shape index (κ3) is 2.79. The van der Waals surface area contributed by atoms with E-state index in [9.17, 15) is 9.59 Å². The Morgan fingerprint density at radius 2 is 1.94 bits per heavy atom. The molecule has 0 aromatic rings. The van der Waals surface area contributed by atoms with Gasteiger partial charge in [0.1, 0.15) is 6.04 Å². The summed E-state index contributed by atoms with van der Waals surface area (Å²) in [6.45, 7) is 7.09. The molecule has 1 aliphatic carbocycles. The van der Waals surface area contributed by atoms with Crippen molar-refractivity contribution in [2.45, 2.75) is 39.7 Å². The van der Waals surface area contributed by atoms with Crippen LogP contribution in [-0.2, 0) is 9.59 Å². The SMILES string of the molecule is CC(C)C1NC(=O)CN(CC(C)C2CC2)C1=O. The fourth-order valence-corrected chi connectivity index (χ4v) is 2.50. The van der Waals surface area contributed by atoms with Gasteiger partial charge in [0.2, 0.25) is 11.8 Å². The summed E-state index contributed by atoms with van der Waals surface area (Å²) in [4.78, 5) is 25.5. The molecule has 1 saturated carbocycles. The fraction of sp³-hybridized carbons (Fsp3) is 0.846. The second-order valence-corrected chi connectivity index (χ2v) is 5.82. The lowest BCUT2D eigenvalue weighted by atomic mass is 9.99. The summed E-state index contributed by atoms with van der Waals surface area (Å²) in [7, 11) is 0. The number of nitrogens with one attached hydrogen (secondary N) is 1. The first-order chi connectivity index (χ1) is 7.99. The van der Waals surface area contributed by atoms with Crippen molar-refractivity contribution in [3.8, 4) is 0 Å². The van der Waals surface area contributed by atoms with Gasteiger partial charge in [-0.3, -0.25) is 9.59 Å². The number of carbonyl (C=O) groups excluding carboxylic acids is 2. The van der Waals surface area contributed by atoms with Gasteiger partial charge in [0, 0.05) is 6.54 Å². The monoisotopic (exact) mass is 238 g/mol. The Labute approximate surface area is 103 Å². The molecule has 0 spiro atoms. The Morgan fingerprint density at radius 3 is 2.47 bits per heavy atom. The molecule has 2 aliphatic rings. The highest BCUT2D eigenvalue weighted by molar-refractivity contribution is 5.94. The van der Waals surface area contributed by atoms with Gasteiger partial charge >= 0.3 is 0 Å². The minimum absolute atomic E-state index is 0.0219. The van der Waals surface area contributed by atoms with Crippen LogP contribution in [0.3, 0.4) is 0 Å². The molecule has 1 N–H and O–H groups in total. The zero-order chi connectivity index (χ0) is 12.6. The van der Waals surface area contributed by atoms with Crippen molar-refractivity contribution in [3.63, 3.8) is 0 Å². The second kappa shape index (κ2) is 4.67. The van der Waals surface area contributed by atoms with E-state index in [0.717, 1.165) is 12.5 Å². The molecule has 4 heteroatoms. The lowest BCUT2D eigenvalue weighted by molar-refractivity contribution is -0.146. The first-order valence-electron chi connectivity index (χ1n) is 6.57. The minimum atomic E-state index is -0.331. The van der Waals surface area contributed by atoms with Crippen molar-refractivity contribution in [1.29, 1.82) is 0 Å². The average Bonchev–Trinajstić information content (AvgIpc) is 3.05. The summed E-state index contributed by atoms with van der Waals surface area (Å²) in [5, 5.41) is 2.78. The Balaban J connectivity index is 1.99. The van der Waals surface area contributed by atoms with Crippen LogP contribution in [-0.4, -0.2) is 35.8 Å². The van der Waals surface area contributed by atoms with E-state index in [4.69, 9.17) is 0 Å². The van der Waals surface area contributed by atoms with Crippen LogP contribution in [0.25, 0.3) is 0 Å². The Bertz CT molecular complexity index is 323. The highest BCUT2D eigenvalue weighted by atomic mass is 16.2. The molecule has 96 valence electrons. The molecule has 2 atom stereocenters. The van der Waals surface area contributed by atoms with Crippen LogP contribution in [0.5, 0.6) is 0 Å². The topological polar surface area (TPSA) is 49.4 Å². The summed E-state index contributed by atoms with van der Waals surface area (Å²) >= 11 is 0. The van der Waals surface area contributed by atoms with Gasteiger partial charge in [-0.1, -0.05) is 20.8 Å². The fourth-order valence-electron chi connectivity index (χ4n) is 2.50. The van der Waals surface area contributed by atoms with Crippen LogP contribution in [0.1, 0.15) is 33.6 Å². The number of hydrogen-bond acceptors (Lipinski definition) is 2. The molecular weight excluding hydrogens is 216 g/mol. The van der Waals surface area contributed by atoms with Gasteiger partial charge in [-0.15, -0.1) is 0 Å². The quantitative estimate of drug-likeness (QED) is 0.795. The number of piperazine rings is 1. The third-order valence-corrected chi connectivity index (χ3v) is 3.83. The van der Waals surface area contributed by atoms with Crippen LogP contribution < -0.4 is 5.32 Å². The highest BCUT2D eigenvalue weighted by Crippen LogP contribution is 2.37. The molecular formula is C13H22N2O2. The maximum atomic E-state index is 12.2. The van der Waals surface area contributed by atoms with Crippen molar-refractivity contribution in [1.82, 2.24) is 10.2 Å². The molecule has 1 saturated heterocycles. The Kier molecular flexibility index (Phi) is 3.40. The lowest BCUT2D eigenvalue weighted by Crippen LogP contribution is -2.60. The average molecular weight is 238 g/mol. The van der Waals surface area contributed by atoms with Crippen LogP contribution in [0.15, 0.2) is 0 Å². The van der Waals surface area contributed by atoms with Crippen LogP contribution >= 0.6 is 0 Å². The van der Waals surface area contributed by atoms with E-state index in [2.05, 4.69) is 12.2 Å². The van der Waals surface area contributed by atoms with Crippen LogP contribution in [0, 0.1) is 17.8 Å². The van der Waals surface area contributed by atoms with Gasteiger partial charge < -0.3 is 10.2 Å². The molecule has 1 aliphatic heterocycles. The van der Waals surface area contributed by atoms with E-state index in [1.54, 1.807) is 4.90 Å². The van der Waals surface area contributed by atoms with Crippen molar-refractivity contribution in [2.75, 3.05) is 13.1 Å². The largest absolute Gasteiger partial charge is 0.343 e. The van der Waals surface area contributed by atoms with E-state index in [-0.39, 0.29) is 30.3 Å². The molecule has 2 rings (SSSR count). The van der Waals surface area contributed by atoms with Crippen LogP contribution in [0.4, 0.5) is 0 Å². The van der Waals surface area contributed by atoms with Crippen molar-refractivity contribution in [3.05, 3.63) is 0 Å². The van der Waals surface area contributed by atoms with Crippen molar-refractivity contribution >= 4 is 11.8 Å². The number of hydrogen-bond donors (Lipinski definition) is 1.